The number of hydrogen-bond donors (Lipinski definition) is 1. The van der Waals surface area contributed by atoms with Gasteiger partial charge < -0.3 is 10.2 Å². The molecule has 1 aliphatic rings. The van der Waals surface area contributed by atoms with Crippen LogP contribution in [0.1, 0.15) is 43.7 Å². The summed E-state index contributed by atoms with van der Waals surface area (Å²) in [6.45, 7) is 11.7. The average molecular weight is 301 g/mol. The zero-order chi connectivity index (χ0) is 14.0. The normalized spacial score (nSPS) is 15.9. The molecule has 1 amide bonds. The van der Waals surface area contributed by atoms with Gasteiger partial charge in [0, 0.05) is 26.2 Å². The molecular formula is C14H25ClN4O. The van der Waals surface area contributed by atoms with Crippen LogP contribution in [0.5, 0.6) is 0 Å². The van der Waals surface area contributed by atoms with E-state index in [1.165, 1.54) is 0 Å². The first-order valence-electron chi connectivity index (χ1n) is 7.02. The minimum Gasteiger partial charge on any atom is -0.336 e. The van der Waals surface area contributed by atoms with Crippen molar-refractivity contribution in [2.45, 2.75) is 39.7 Å². The quantitative estimate of drug-likeness (QED) is 0.904. The fourth-order valence-corrected chi connectivity index (χ4v) is 2.51. The average Bonchev–Trinajstić information content (AvgIpc) is 2.82. The van der Waals surface area contributed by atoms with Crippen LogP contribution in [0.25, 0.3) is 0 Å². The maximum atomic E-state index is 12.6. The molecule has 0 aliphatic carbocycles. The Morgan fingerprint density at radius 3 is 2.45 bits per heavy atom. The van der Waals surface area contributed by atoms with E-state index < -0.39 is 0 Å². The highest BCUT2D eigenvalue weighted by atomic mass is 35.5. The van der Waals surface area contributed by atoms with Crippen molar-refractivity contribution in [3.8, 4) is 0 Å². The van der Waals surface area contributed by atoms with E-state index in [0.29, 0.717) is 0 Å². The number of halogens is 1. The topological polar surface area (TPSA) is 50.2 Å². The summed E-state index contributed by atoms with van der Waals surface area (Å²) >= 11 is 0. The highest BCUT2D eigenvalue weighted by Gasteiger charge is 2.26. The minimum atomic E-state index is -0.0900. The van der Waals surface area contributed by atoms with Crippen LogP contribution in [0.4, 0.5) is 0 Å². The molecule has 20 heavy (non-hydrogen) atoms. The molecule has 0 radical (unpaired) electrons. The van der Waals surface area contributed by atoms with E-state index in [-0.39, 0.29) is 23.9 Å². The number of carbonyl (C=O) groups excluding carboxylic acids is 1. The van der Waals surface area contributed by atoms with Gasteiger partial charge in [0.05, 0.1) is 23.0 Å². The summed E-state index contributed by atoms with van der Waals surface area (Å²) in [5.74, 6) is 0.119. The lowest BCUT2D eigenvalue weighted by atomic mass is 10.1. The molecule has 5 nitrogen and oxygen atoms in total. The summed E-state index contributed by atoms with van der Waals surface area (Å²) < 4.78 is 1.97. The molecule has 1 aromatic rings. The first-order chi connectivity index (χ1) is 8.95. The van der Waals surface area contributed by atoms with Crippen molar-refractivity contribution >= 4 is 18.3 Å². The van der Waals surface area contributed by atoms with E-state index in [4.69, 9.17) is 0 Å². The molecule has 0 unspecified atom stereocenters. The fourth-order valence-electron chi connectivity index (χ4n) is 2.51. The van der Waals surface area contributed by atoms with E-state index in [9.17, 15) is 4.79 Å². The summed E-state index contributed by atoms with van der Waals surface area (Å²) in [6.07, 6.45) is 2.55. The third-order valence-corrected chi connectivity index (χ3v) is 3.47. The number of carbonyl (C=O) groups is 1. The van der Waals surface area contributed by atoms with Crippen LogP contribution >= 0.6 is 12.4 Å². The smallest absolute Gasteiger partial charge is 0.257 e. The molecule has 1 N–H and O–H groups in total. The highest BCUT2D eigenvalue weighted by Crippen LogP contribution is 2.21. The molecule has 114 valence electrons. The Morgan fingerprint density at radius 1 is 1.35 bits per heavy atom. The Kier molecular flexibility index (Phi) is 5.59. The van der Waals surface area contributed by atoms with E-state index in [1.807, 2.05) is 9.58 Å². The first kappa shape index (κ1) is 17.0. The molecule has 2 heterocycles. The van der Waals surface area contributed by atoms with Crippen molar-refractivity contribution in [3.05, 3.63) is 17.5 Å². The van der Waals surface area contributed by atoms with Gasteiger partial charge in [0.1, 0.15) is 0 Å². The van der Waals surface area contributed by atoms with Crippen LogP contribution in [-0.4, -0.2) is 46.8 Å². The maximum Gasteiger partial charge on any atom is 0.257 e. The van der Waals surface area contributed by atoms with Crippen LogP contribution in [0.2, 0.25) is 0 Å². The van der Waals surface area contributed by atoms with E-state index in [0.717, 1.165) is 43.9 Å². The van der Waals surface area contributed by atoms with Crippen LogP contribution in [-0.2, 0) is 12.0 Å². The van der Waals surface area contributed by atoms with E-state index >= 15 is 0 Å². The molecule has 1 saturated heterocycles. The van der Waals surface area contributed by atoms with Gasteiger partial charge in [0.25, 0.3) is 5.91 Å². The van der Waals surface area contributed by atoms with Gasteiger partial charge in [0.2, 0.25) is 0 Å². The fraction of sp³-hybridized carbons (Fsp3) is 0.714. The van der Waals surface area contributed by atoms with Crippen LogP contribution in [0.3, 0.4) is 0 Å². The predicted octanol–water partition coefficient (Wildman–Crippen LogP) is 1.67. The number of amides is 1. The molecule has 0 spiro atoms. The third-order valence-electron chi connectivity index (χ3n) is 3.47. The summed E-state index contributed by atoms with van der Waals surface area (Å²) in [4.78, 5) is 14.5. The van der Waals surface area contributed by atoms with Crippen molar-refractivity contribution in [2.24, 2.45) is 0 Å². The summed E-state index contributed by atoms with van der Waals surface area (Å²) in [5, 5.41) is 7.69. The van der Waals surface area contributed by atoms with Crippen molar-refractivity contribution < 1.29 is 4.79 Å². The molecule has 0 atom stereocenters. The zero-order valence-corrected chi connectivity index (χ0v) is 13.6. The van der Waals surface area contributed by atoms with Gasteiger partial charge in [-0.15, -0.1) is 12.4 Å². The Labute approximate surface area is 127 Å². The number of hydrogen-bond acceptors (Lipinski definition) is 3. The van der Waals surface area contributed by atoms with Gasteiger partial charge in [-0.3, -0.25) is 9.48 Å². The van der Waals surface area contributed by atoms with E-state index in [1.54, 1.807) is 6.20 Å². The lowest BCUT2D eigenvalue weighted by Gasteiger charge is -2.28. The summed E-state index contributed by atoms with van der Waals surface area (Å²) in [6, 6.07) is 0. The van der Waals surface area contributed by atoms with Crippen molar-refractivity contribution in [2.75, 3.05) is 26.2 Å². The maximum absolute atomic E-state index is 12.6. The molecular weight excluding hydrogens is 276 g/mol. The number of nitrogens with zero attached hydrogens (tertiary/aromatic N) is 3. The molecule has 1 aliphatic heterocycles. The second-order valence-electron chi connectivity index (χ2n) is 5.98. The Bertz CT molecular complexity index is 458. The van der Waals surface area contributed by atoms with Gasteiger partial charge in [-0.05, 0) is 27.2 Å². The van der Waals surface area contributed by atoms with Crippen LogP contribution in [0, 0.1) is 0 Å². The van der Waals surface area contributed by atoms with E-state index in [2.05, 4.69) is 38.1 Å². The van der Waals surface area contributed by atoms with Crippen LogP contribution < -0.4 is 5.32 Å². The standard InChI is InChI=1S/C14H24N4O.ClH/c1-5-12-11(10-16-18(12)14(2,3)4)13(19)17-8-6-15-7-9-17;/h10,15H,5-9H2,1-4H3;1H. The number of rotatable bonds is 2. The Balaban J connectivity index is 0.00000200. The molecule has 0 saturated carbocycles. The SMILES string of the molecule is CCc1c(C(=O)N2CCNCC2)cnn1C(C)(C)C.Cl. The van der Waals surface area contributed by atoms with Gasteiger partial charge >= 0.3 is 0 Å². The van der Waals surface area contributed by atoms with Gasteiger partial charge in [0.15, 0.2) is 0 Å². The number of piperazine rings is 1. The minimum absolute atomic E-state index is 0. The molecule has 0 aromatic carbocycles. The second-order valence-corrected chi connectivity index (χ2v) is 5.98. The van der Waals surface area contributed by atoms with Gasteiger partial charge in [-0.1, -0.05) is 6.92 Å². The third kappa shape index (κ3) is 3.33. The number of nitrogens with one attached hydrogen (secondary N) is 1. The molecule has 2 rings (SSSR count). The lowest BCUT2D eigenvalue weighted by Crippen LogP contribution is -2.46. The number of aromatic nitrogens is 2. The van der Waals surface area contributed by atoms with Gasteiger partial charge in [-0.25, -0.2) is 0 Å². The molecule has 1 aromatic heterocycles. The monoisotopic (exact) mass is 300 g/mol. The van der Waals surface area contributed by atoms with Crippen molar-refractivity contribution in [3.63, 3.8) is 0 Å². The molecule has 1 fully saturated rings. The second kappa shape index (κ2) is 6.59. The van der Waals surface area contributed by atoms with Gasteiger partial charge in [-0.2, -0.15) is 5.10 Å². The molecule has 0 bridgehead atoms. The summed E-state index contributed by atoms with van der Waals surface area (Å²) in [7, 11) is 0. The van der Waals surface area contributed by atoms with Crippen LogP contribution in [0.15, 0.2) is 6.20 Å². The Morgan fingerprint density at radius 2 is 1.95 bits per heavy atom. The predicted molar refractivity (Wildman–Crippen MR) is 82.6 cm³/mol. The highest BCUT2D eigenvalue weighted by molar-refractivity contribution is 5.95. The zero-order valence-electron chi connectivity index (χ0n) is 12.8. The largest absolute Gasteiger partial charge is 0.336 e. The Hall–Kier alpha value is -1.07. The van der Waals surface area contributed by atoms with Crippen molar-refractivity contribution in [1.29, 1.82) is 0 Å². The molecule has 6 heteroatoms. The van der Waals surface area contributed by atoms with Crippen molar-refractivity contribution in [1.82, 2.24) is 20.0 Å². The summed E-state index contributed by atoms with van der Waals surface area (Å²) in [5.41, 5.74) is 1.71. The first-order valence-corrected chi connectivity index (χ1v) is 7.02. The lowest BCUT2D eigenvalue weighted by molar-refractivity contribution is 0.0734.